The van der Waals surface area contributed by atoms with E-state index in [1.165, 1.54) is 12.3 Å². The first kappa shape index (κ1) is 14.0. The number of hydrogen-bond acceptors (Lipinski definition) is 2. The summed E-state index contributed by atoms with van der Waals surface area (Å²) in [4.78, 5) is 4.16. The van der Waals surface area contributed by atoms with Gasteiger partial charge in [-0.3, -0.25) is 4.98 Å². The molecule has 1 aromatic heterocycles. The number of pyridine rings is 1. The van der Waals surface area contributed by atoms with E-state index >= 15 is 0 Å². The van der Waals surface area contributed by atoms with E-state index in [1.54, 1.807) is 6.07 Å². The van der Waals surface area contributed by atoms with Crippen molar-refractivity contribution < 1.29 is 4.39 Å². The molecule has 2 nitrogen and oxygen atoms in total. The highest BCUT2D eigenvalue weighted by molar-refractivity contribution is 6.30. The first-order valence-electron chi connectivity index (χ1n) is 6.31. The topological polar surface area (TPSA) is 24.9 Å². The normalized spacial score (nSPS) is 12.4. The molecular weight excluding hydrogens is 263 g/mol. The molecule has 1 unspecified atom stereocenters. The van der Waals surface area contributed by atoms with Gasteiger partial charge in [0.25, 0.3) is 0 Å². The Hall–Kier alpha value is -1.45. The molecule has 1 heterocycles. The van der Waals surface area contributed by atoms with Gasteiger partial charge >= 0.3 is 0 Å². The number of benzene rings is 1. The number of rotatable bonds is 5. The van der Waals surface area contributed by atoms with Gasteiger partial charge in [-0.1, -0.05) is 30.7 Å². The van der Waals surface area contributed by atoms with Crippen molar-refractivity contribution in [2.24, 2.45) is 0 Å². The Balaban J connectivity index is 2.29. The summed E-state index contributed by atoms with van der Waals surface area (Å²) in [7, 11) is 0. The van der Waals surface area contributed by atoms with E-state index in [-0.39, 0.29) is 11.9 Å². The number of aromatic nitrogens is 1. The maximum absolute atomic E-state index is 13.0. The quantitative estimate of drug-likeness (QED) is 0.895. The van der Waals surface area contributed by atoms with Crippen LogP contribution in [0.5, 0.6) is 0 Å². The summed E-state index contributed by atoms with van der Waals surface area (Å²) >= 11 is 5.90. The fourth-order valence-corrected chi connectivity index (χ4v) is 2.02. The zero-order valence-corrected chi connectivity index (χ0v) is 11.5. The van der Waals surface area contributed by atoms with Crippen LogP contribution in [0.25, 0.3) is 0 Å². The maximum Gasteiger partial charge on any atom is 0.141 e. The molecule has 0 aliphatic rings. The second kappa shape index (κ2) is 6.64. The summed E-state index contributed by atoms with van der Waals surface area (Å²) in [6.07, 6.45) is 2.26. The SMILES string of the molecule is CCCNC(c1ccc(Cl)cc1)c1ccc(F)cn1. The van der Waals surface area contributed by atoms with Crippen LogP contribution in [0.4, 0.5) is 4.39 Å². The van der Waals surface area contributed by atoms with Crippen molar-refractivity contribution in [2.45, 2.75) is 19.4 Å². The average molecular weight is 279 g/mol. The lowest BCUT2D eigenvalue weighted by atomic mass is 10.0. The van der Waals surface area contributed by atoms with Gasteiger partial charge in [-0.2, -0.15) is 0 Å². The summed E-state index contributed by atoms with van der Waals surface area (Å²) in [5, 5.41) is 4.11. The van der Waals surface area contributed by atoms with Crippen molar-refractivity contribution in [3.8, 4) is 0 Å². The Kier molecular flexibility index (Phi) is 4.88. The number of hydrogen-bond donors (Lipinski definition) is 1. The van der Waals surface area contributed by atoms with Gasteiger partial charge in [0.1, 0.15) is 5.82 Å². The monoisotopic (exact) mass is 278 g/mol. The average Bonchev–Trinajstić information content (AvgIpc) is 2.43. The number of nitrogens with one attached hydrogen (secondary N) is 1. The summed E-state index contributed by atoms with van der Waals surface area (Å²) in [5.74, 6) is -0.325. The molecule has 1 atom stereocenters. The van der Waals surface area contributed by atoms with Gasteiger partial charge in [0.2, 0.25) is 0 Å². The smallest absolute Gasteiger partial charge is 0.141 e. The third kappa shape index (κ3) is 3.75. The number of nitrogens with zero attached hydrogens (tertiary/aromatic N) is 1. The molecule has 0 saturated carbocycles. The molecular formula is C15H16ClFN2. The third-order valence-electron chi connectivity index (χ3n) is 2.85. The molecule has 100 valence electrons. The molecule has 2 rings (SSSR count). The minimum atomic E-state index is -0.325. The zero-order chi connectivity index (χ0) is 13.7. The van der Waals surface area contributed by atoms with E-state index in [0.29, 0.717) is 5.02 Å². The van der Waals surface area contributed by atoms with Crippen molar-refractivity contribution in [3.05, 3.63) is 64.7 Å². The minimum absolute atomic E-state index is 0.0437. The highest BCUT2D eigenvalue weighted by atomic mass is 35.5. The van der Waals surface area contributed by atoms with Gasteiger partial charge in [0.05, 0.1) is 17.9 Å². The Morgan fingerprint density at radius 1 is 1.21 bits per heavy atom. The second-order valence-electron chi connectivity index (χ2n) is 4.34. The Morgan fingerprint density at radius 3 is 2.53 bits per heavy atom. The van der Waals surface area contributed by atoms with Gasteiger partial charge in [-0.05, 0) is 42.8 Å². The molecule has 0 spiro atoms. The predicted molar refractivity (Wildman–Crippen MR) is 75.8 cm³/mol. The molecule has 0 saturated heterocycles. The standard InChI is InChI=1S/C15H16ClFN2/c1-2-9-18-15(11-3-5-12(16)6-4-11)14-8-7-13(17)10-19-14/h3-8,10,15,18H,2,9H2,1H3. The van der Waals surface area contributed by atoms with Gasteiger partial charge in [-0.15, -0.1) is 0 Å². The summed E-state index contributed by atoms with van der Waals surface area (Å²) in [6.45, 7) is 2.97. The molecule has 0 aliphatic carbocycles. The Labute approximate surface area is 117 Å². The molecule has 1 aromatic carbocycles. The first-order chi connectivity index (χ1) is 9.20. The van der Waals surface area contributed by atoms with E-state index in [1.807, 2.05) is 24.3 Å². The van der Waals surface area contributed by atoms with E-state index in [4.69, 9.17) is 11.6 Å². The summed E-state index contributed by atoms with van der Waals surface area (Å²) in [5.41, 5.74) is 1.87. The third-order valence-corrected chi connectivity index (χ3v) is 3.10. The Morgan fingerprint density at radius 2 is 1.95 bits per heavy atom. The lowest BCUT2D eigenvalue weighted by molar-refractivity contribution is 0.576. The first-order valence-corrected chi connectivity index (χ1v) is 6.69. The largest absolute Gasteiger partial charge is 0.305 e. The lowest BCUT2D eigenvalue weighted by Gasteiger charge is -2.18. The van der Waals surface area contributed by atoms with Crippen molar-refractivity contribution in [1.82, 2.24) is 10.3 Å². The molecule has 4 heteroatoms. The fraction of sp³-hybridized carbons (Fsp3) is 0.267. The molecule has 0 radical (unpaired) electrons. The van der Waals surface area contributed by atoms with Crippen molar-refractivity contribution in [2.75, 3.05) is 6.54 Å². The van der Waals surface area contributed by atoms with Crippen LogP contribution < -0.4 is 5.32 Å². The van der Waals surface area contributed by atoms with Gasteiger partial charge < -0.3 is 5.32 Å². The Bertz CT molecular complexity index is 465. The molecule has 0 bridgehead atoms. The van der Waals surface area contributed by atoms with Crippen LogP contribution in [-0.4, -0.2) is 11.5 Å². The van der Waals surface area contributed by atoms with Gasteiger partial charge in [0, 0.05) is 5.02 Å². The van der Waals surface area contributed by atoms with Gasteiger partial charge in [0.15, 0.2) is 0 Å². The molecule has 0 aliphatic heterocycles. The van der Waals surface area contributed by atoms with Crippen molar-refractivity contribution in [1.29, 1.82) is 0 Å². The van der Waals surface area contributed by atoms with E-state index < -0.39 is 0 Å². The van der Waals surface area contributed by atoms with E-state index in [9.17, 15) is 4.39 Å². The molecule has 2 aromatic rings. The van der Waals surface area contributed by atoms with Crippen LogP contribution >= 0.6 is 11.6 Å². The van der Waals surface area contributed by atoms with Crippen molar-refractivity contribution in [3.63, 3.8) is 0 Å². The minimum Gasteiger partial charge on any atom is -0.305 e. The summed E-state index contributed by atoms with van der Waals surface area (Å²) in [6, 6.07) is 10.7. The highest BCUT2D eigenvalue weighted by Gasteiger charge is 2.14. The van der Waals surface area contributed by atoms with Crippen LogP contribution in [-0.2, 0) is 0 Å². The predicted octanol–water partition coefficient (Wildman–Crippen LogP) is 3.96. The van der Waals surface area contributed by atoms with Crippen LogP contribution in [0.2, 0.25) is 5.02 Å². The van der Waals surface area contributed by atoms with Crippen LogP contribution in [0, 0.1) is 5.82 Å². The van der Waals surface area contributed by atoms with E-state index in [0.717, 1.165) is 24.2 Å². The molecule has 0 fully saturated rings. The van der Waals surface area contributed by atoms with Crippen LogP contribution in [0.15, 0.2) is 42.6 Å². The number of halogens is 2. The zero-order valence-electron chi connectivity index (χ0n) is 10.7. The molecule has 19 heavy (non-hydrogen) atoms. The van der Waals surface area contributed by atoms with Crippen molar-refractivity contribution >= 4 is 11.6 Å². The van der Waals surface area contributed by atoms with Gasteiger partial charge in [-0.25, -0.2) is 4.39 Å². The van der Waals surface area contributed by atoms with Crippen LogP contribution in [0.1, 0.15) is 30.6 Å². The molecule has 1 N–H and O–H groups in total. The lowest BCUT2D eigenvalue weighted by Crippen LogP contribution is -2.24. The second-order valence-corrected chi connectivity index (χ2v) is 4.78. The summed E-state index contributed by atoms with van der Waals surface area (Å²) < 4.78 is 13.0. The van der Waals surface area contributed by atoms with Crippen LogP contribution in [0.3, 0.4) is 0 Å². The highest BCUT2D eigenvalue weighted by Crippen LogP contribution is 2.22. The fourth-order valence-electron chi connectivity index (χ4n) is 1.90. The maximum atomic E-state index is 13.0. The molecule has 0 amide bonds. The van der Waals surface area contributed by atoms with E-state index in [2.05, 4.69) is 17.2 Å².